The average molecular weight is 446 g/mol. The number of carbonyl (C=O) groups excluding carboxylic acids is 1. The van der Waals surface area contributed by atoms with E-state index in [2.05, 4.69) is 30.6 Å². The number of halogens is 2. The van der Waals surface area contributed by atoms with E-state index in [0.29, 0.717) is 25.1 Å². The van der Waals surface area contributed by atoms with Crippen molar-refractivity contribution in [1.29, 1.82) is 0 Å². The van der Waals surface area contributed by atoms with Crippen LogP contribution in [-0.4, -0.2) is 32.4 Å². The van der Waals surface area contributed by atoms with Crippen LogP contribution in [0, 0.1) is 11.6 Å². The van der Waals surface area contributed by atoms with Gasteiger partial charge in [-0.2, -0.15) is 0 Å². The Labute approximate surface area is 189 Å². The van der Waals surface area contributed by atoms with Gasteiger partial charge in [-0.1, -0.05) is 6.07 Å². The third kappa shape index (κ3) is 5.70. The minimum atomic E-state index is -1.00. The number of benzene rings is 1. The van der Waals surface area contributed by atoms with E-state index >= 15 is 0 Å². The van der Waals surface area contributed by atoms with Crippen LogP contribution in [0.25, 0.3) is 11.4 Å². The first-order chi connectivity index (χ1) is 16.1. The number of anilines is 1. The monoisotopic (exact) mass is 446 g/mol. The van der Waals surface area contributed by atoms with E-state index in [1.165, 1.54) is 12.3 Å². The van der Waals surface area contributed by atoms with Crippen LogP contribution in [0.4, 0.5) is 14.6 Å². The standard InChI is InChI=1S/C24H20F2N6O/c25-20-5-4-17(13-21(20)26)22-30-15-19(24(33)31-14-16-6-10-27-11-7-16)23(32-22)29-12-8-18-3-1-2-9-28-18/h1-7,9-11,13,15H,8,12,14H2,(H,31,33)(H,29,30,32). The molecule has 0 fully saturated rings. The number of aromatic nitrogens is 4. The average Bonchev–Trinajstić information content (AvgIpc) is 2.85. The lowest BCUT2D eigenvalue weighted by atomic mass is 10.2. The molecule has 1 amide bonds. The van der Waals surface area contributed by atoms with E-state index in [4.69, 9.17) is 0 Å². The molecule has 166 valence electrons. The van der Waals surface area contributed by atoms with Gasteiger partial charge in [-0.15, -0.1) is 0 Å². The van der Waals surface area contributed by atoms with E-state index in [0.717, 1.165) is 23.4 Å². The van der Waals surface area contributed by atoms with Crippen molar-refractivity contribution in [3.8, 4) is 11.4 Å². The highest BCUT2D eigenvalue weighted by Gasteiger charge is 2.16. The number of amides is 1. The minimum absolute atomic E-state index is 0.167. The van der Waals surface area contributed by atoms with Gasteiger partial charge in [0.1, 0.15) is 11.4 Å². The predicted octanol–water partition coefficient (Wildman–Crippen LogP) is 3.80. The smallest absolute Gasteiger partial charge is 0.256 e. The van der Waals surface area contributed by atoms with Crippen LogP contribution < -0.4 is 10.6 Å². The summed E-state index contributed by atoms with van der Waals surface area (Å²) < 4.78 is 27.0. The number of carbonyl (C=O) groups is 1. The molecule has 0 saturated carbocycles. The number of hydrogen-bond donors (Lipinski definition) is 2. The second-order valence-electron chi connectivity index (χ2n) is 7.12. The molecule has 0 saturated heterocycles. The highest BCUT2D eigenvalue weighted by molar-refractivity contribution is 5.98. The Morgan fingerprint density at radius 2 is 1.79 bits per heavy atom. The molecule has 4 rings (SSSR count). The van der Waals surface area contributed by atoms with E-state index in [1.807, 2.05) is 18.2 Å². The second-order valence-corrected chi connectivity index (χ2v) is 7.12. The zero-order valence-electron chi connectivity index (χ0n) is 17.5. The fourth-order valence-corrected chi connectivity index (χ4v) is 3.09. The SMILES string of the molecule is O=C(NCc1ccncc1)c1cnc(-c2ccc(F)c(F)c2)nc1NCCc1ccccn1. The quantitative estimate of drug-likeness (QED) is 0.428. The molecular formula is C24H20F2N6O. The van der Waals surface area contributed by atoms with Crippen molar-refractivity contribution in [2.24, 2.45) is 0 Å². The summed E-state index contributed by atoms with van der Waals surface area (Å²) >= 11 is 0. The second kappa shape index (κ2) is 10.4. The summed E-state index contributed by atoms with van der Waals surface area (Å²) in [6, 6.07) is 12.6. The molecule has 3 heterocycles. The summed E-state index contributed by atoms with van der Waals surface area (Å²) in [7, 11) is 0. The summed E-state index contributed by atoms with van der Waals surface area (Å²) in [5, 5.41) is 5.98. The van der Waals surface area contributed by atoms with Crippen molar-refractivity contribution in [3.05, 3.63) is 102 Å². The number of pyridine rings is 2. The highest BCUT2D eigenvalue weighted by atomic mass is 19.2. The van der Waals surface area contributed by atoms with Gasteiger partial charge in [-0.25, -0.2) is 18.7 Å². The first-order valence-corrected chi connectivity index (χ1v) is 10.2. The molecule has 3 aromatic heterocycles. The highest BCUT2D eigenvalue weighted by Crippen LogP contribution is 2.21. The minimum Gasteiger partial charge on any atom is -0.369 e. The fraction of sp³-hybridized carbons (Fsp3) is 0.125. The summed E-state index contributed by atoms with van der Waals surface area (Å²) in [6.45, 7) is 0.759. The molecule has 0 unspecified atom stereocenters. The van der Waals surface area contributed by atoms with Crippen LogP contribution in [0.15, 0.2) is 73.3 Å². The van der Waals surface area contributed by atoms with Gasteiger partial charge in [0, 0.05) is 55.6 Å². The van der Waals surface area contributed by atoms with Crippen molar-refractivity contribution < 1.29 is 13.6 Å². The van der Waals surface area contributed by atoms with Crippen molar-refractivity contribution in [2.75, 3.05) is 11.9 Å². The molecule has 1 aromatic carbocycles. The summed E-state index contributed by atoms with van der Waals surface area (Å²) in [5.74, 6) is -1.88. The Morgan fingerprint density at radius 1 is 0.939 bits per heavy atom. The third-order valence-electron chi connectivity index (χ3n) is 4.81. The van der Waals surface area contributed by atoms with Gasteiger partial charge < -0.3 is 10.6 Å². The predicted molar refractivity (Wildman–Crippen MR) is 119 cm³/mol. The molecule has 7 nitrogen and oxygen atoms in total. The topological polar surface area (TPSA) is 92.7 Å². The summed E-state index contributed by atoms with van der Waals surface area (Å²) in [5.41, 5.74) is 2.30. The molecule has 0 aliphatic rings. The Bertz CT molecular complexity index is 1240. The Balaban J connectivity index is 1.56. The molecule has 0 atom stereocenters. The zero-order chi connectivity index (χ0) is 23.0. The van der Waals surface area contributed by atoms with Crippen LogP contribution in [0.5, 0.6) is 0 Å². The largest absolute Gasteiger partial charge is 0.369 e. The lowest BCUT2D eigenvalue weighted by Crippen LogP contribution is -2.25. The number of hydrogen-bond acceptors (Lipinski definition) is 6. The summed E-state index contributed by atoms with van der Waals surface area (Å²) in [6.07, 6.45) is 6.97. The first-order valence-electron chi connectivity index (χ1n) is 10.2. The molecule has 0 spiro atoms. The van der Waals surface area contributed by atoms with Crippen LogP contribution in [0.1, 0.15) is 21.6 Å². The van der Waals surface area contributed by atoms with Gasteiger partial charge in [0.05, 0.1) is 0 Å². The number of nitrogens with one attached hydrogen (secondary N) is 2. The normalized spacial score (nSPS) is 10.6. The third-order valence-corrected chi connectivity index (χ3v) is 4.81. The Kier molecular flexibility index (Phi) is 6.89. The maximum Gasteiger partial charge on any atom is 0.256 e. The molecule has 9 heteroatoms. The maximum absolute atomic E-state index is 13.7. The van der Waals surface area contributed by atoms with E-state index in [1.54, 1.807) is 30.7 Å². The Morgan fingerprint density at radius 3 is 2.55 bits per heavy atom. The molecule has 0 aliphatic heterocycles. The maximum atomic E-state index is 13.7. The summed E-state index contributed by atoms with van der Waals surface area (Å²) in [4.78, 5) is 29.7. The lowest BCUT2D eigenvalue weighted by molar-refractivity contribution is 0.0951. The molecule has 0 bridgehead atoms. The van der Waals surface area contributed by atoms with Crippen molar-refractivity contribution >= 4 is 11.7 Å². The fourth-order valence-electron chi connectivity index (χ4n) is 3.09. The van der Waals surface area contributed by atoms with Gasteiger partial charge >= 0.3 is 0 Å². The molecule has 33 heavy (non-hydrogen) atoms. The van der Waals surface area contributed by atoms with E-state index in [9.17, 15) is 13.6 Å². The van der Waals surface area contributed by atoms with Crippen molar-refractivity contribution in [2.45, 2.75) is 13.0 Å². The van der Waals surface area contributed by atoms with Gasteiger partial charge in [-0.3, -0.25) is 14.8 Å². The number of nitrogens with zero attached hydrogens (tertiary/aromatic N) is 4. The van der Waals surface area contributed by atoms with E-state index in [-0.39, 0.29) is 23.1 Å². The van der Waals surface area contributed by atoms with Crippen LogP contribution in [-0.2, 0) is 13.0 Å². The number of rotatable bonds is 8. The van der Waals surface area contributed by atoms with Crippen molar-refractivity contribution in [1.82, 2.24) is 25.3 Å². The zero-order valence-corrected chi connectivity index (χ0v) is 17.5. The first kappa shape index (κ1) is 21.9. The molecule has 2 N–H and O–H groups in total. The Hall–Kier alpha value is -4.27. The molecular weight excluding hydrogens is 426 g/mol. The van der Waals surface area contributed by atoms with Crippen LogP contribution >= 0.6 is 0 Å². The van der Waals surface area contributed by atoms with Crippen molar-refractivity contribution in [3.63, 3.8) is 0 Å². The lowest BCUT2D eigenvalue weighted by Gasteiger charge is -2.13. The van der Waals surface area contributed by atoms with Crippen LogP contribution in [0.2, 0.25) is 0 Å². The van der Waals surface area contributed by atoms with Gasteiger partial charge in [-0.05, 0) is 48.0 Å². The van der Waals surface area contributed by atoms with E-state index < -0.39 is 11.6 Å². The van der Waals surface area contributed by atoms with Crippen LogP contribution in [0.3, 0.4) is 0 Å². The van der Waals surface area contributed by atoms with Gasteiger partial charge in [0.2, 0.25) is 0 Å². The van der Waals surface area contributed by atoms with Gasteiger partial charge in [0.15, 0.2) is 17.5 Å². The van der Waals surface area contributed by atoms with Gasteiger partial charge in [0.25, 0.3) is 5.91 Å². The molecule has 0 radical (unpaired) electrons. The molecule has 0 aliphatic carbocycles. The molecule has 4 aromatic rings.